The summed E-state index contributed by atoms with van der Waals surface area (Å²) in [7, 11) is -3.16. The Balaban J connectivity index is 2.25. The molecule has 7 heteroatoms. The highest BCUT2D eigenvalue weighted by Crippen LogP contribution is 2.02. The number of rotatable bonds is 9. The van der Waals surface area contributed by atoms with E-state index in [-0.39, 0.29) is 5.75 Å². The van der Waals surface area contributed by atoms with Crippen LogP contribution in [-0.4, -0.2) is 43.6 Å². The van der Waals surface area contributed by atoms with E-state index in [4.69, 9.17) is 0 Å². The van der Waals surface area contributed by atoms with Gasteiger partial charge in [-0.1, -0.05) is 6.92 Å². The zero-order valence-corrected chi connectivity index (χ0v) is 12.8. The molecule has 0 atom stereocenters. The summed E-state index contributed by atoms with van der Waals surface area (Å²) in [6, 6.07) is 2.01. The fourth-order valence-electron chi connectivity index (χ4n) is 1.81. The molecular formula is C12H24N4O2S. The van der Waals surface area contributed by atoms with Crippen LogP contribution in [0.1, 0.15) is 24.7 Å². The van der Waals surface area contributed by atoms with E-state index in [1.54, 1.807) is 0 Å². The van der Waals surface area contributed by atoms with Gasteiger partial charge in [-0.05, 0) is 32.9 Å². The Morgan fingerprint density at radius 3 is 2.63 bits per heavy atom. The SMILES string of the molecule is CCNCCS(=O)(=O)NCCCn1nc(C)cc1C. The summed E-state index contributed by atoms with van der Waals surface area (Å²) in [5.74, 6) is 0.126. The minimum Gasteiger partial charge on any atom is -0.316 e. The molecule has 1 aromatic rings. The molecule has 0 radical (unpaired) electrons. The molecule has 0 unspecified atom stereocenters. The van der Waals surface area contributed by atoms with Crippen LogP contribution in [0.3, 0.4) is 0 Å². The van der Waals surface area contributed by atoms with Gasteiger partial charge in [-0.25, -0.2) is 13.1 Å². The fraction of sp³-hybridized carbons (Fsp3) is 0.750. The van der Waals surface area contributed by atoms with Crippen LogP contribution in [0.15, 0.2) is 6.07 Å². The van der Waals surface area contributed by atoms with Crippen LogP contribution in [0, 0.1) is 13.8 Å². The molecule has 0 aliphatic rings. The van der Waals surface area contributed by atoms with Crippen molar-refractivity contribution in [2.45, 2.75) is 33.7 Å². The average molecular weight is 288 g/mol. The summed E-state index contributed by atoms with van der Waals surface area (Å²) in [5.41, 5.74) is 2.09. The topological polar surface area (TPSA) is 76.0 Å². The van der Waals surface area contributed by atoms with Gasteiger partial charge in [-0.15, -0.1) is 0 Å². The van der Waals surface area contributed by atoms with Gasteiger partial charge in [-0.2, -0.15) is 5.10 Å². The third-order valence-electron chi connectivity index (χ3n) is 2.77. The van der Waals surface area contributed by atoms with Crippen LogP contribution in [0.25, 0.3) is 0 Å². The lowest BCUT2D eigenvalue weighted by Gasteiger charge is -2.08. The molecule has 19 heavy (non-hydrogen) atoms. The van der Waals surface area contributed by atoms with Crippen molar-refractivity contribution in [1.82, 2.24) is 19.8 Å². The zero-order chi connectivity index (χ0) is 14.3. The molecule has 0 aromatic carbocycles. The van der Waals surface area contributed by atoms with Crippen molar-refractivity contribution in [1.29, 1.82) is 0 Å². The first-order valence-corrected chi connectivity index (χ1v) is 8.29. The normalized spacial score (nSPS) is 11.9. The molecule has 0 bridgehead atoms. The quantitative estimate of drug-likeness (QED) is 0.646. The smallest absolute Gasteiger partial charge is 0.212 e. The number of hydrogen-bond acceptors (Lipinski definition) is 4. The zero-order valence-electron chi connectivity index (χ0n) is 11.9. The molecule has 0 saturated carbocycles. The Labute approximate surface area is 115 Å². The fourth-order valence-corrected chi connectivity index (χ4v) is 2.83. The second-order valence-corrected chi connectivity index (χ2v) is 6.50. The van der Waals surface area contributed by atoms with E-state index >= 15 is 0 Å². The first kappa shape index (κ1) is 16.1. The second-order valence-electron chi connectivity index (χ2n) is 4.57. The number of sulfonamides is 1. The molecule has 0 saturated heterocycles. The number of nitrogens with one attached hydrogen (secondary N) is 2. The predicted octanol–water partition coefficient (Wildman–Crippen LogP) is 0.419. The summed E-state index contributed by atoms with van der Waals surface area (Å²) in [5, 5.41) is 7.33. The predicted molar refractivity (Wildman–Crippen MR) is 76.7 cm³/mol. The van der Waals surface area contributed by atoms with Crippen LogP contribution in [-0.2, 0) is 16.6 Å². The summed E-state index contributed by atoms with van der Waals surface area (Å²) in [4.78, 5) is 0. The molecule has 0 fully saturated rings. The molecule has 0 spiro atoms. The minimum absolute atomic E-state index is 0.126. The van der Waals surface area contributed by atoms with E-state index in [1.807, 2.05) is 31.5 Å². The molecule has 110 valence electrons. The van der Waals surface area contributed by atoms with E-state index in [0.29, 0.717) is 13.1 Å². The van der Waals surface area contributed by atoms with Crippen molar-refractivity contribution < 1.29 is 8.42 Å². The largest absolute Gasteiger partial charge is 0.316 e. The van der Waals surface area contributed by atoms with E-state index in [2.05, 4.69) is 15.1 Å². The van der Waals surface area contributed by atoms with Crippen LogP contribution < -0.4 is 10.0 Å². The van der Waals surface area contributed by atoms with Crippen molar-refractivity contribution in [2.75, 3.05) is 25.4 Å². The number of aromatic nitrogens is 2. The van der Waals surface area contributed by atoms with E-state index < -0.39 is 10.0 Å². The van der Waals surface area contributed by atoms with E-state index in [0.717, 1.165) is 30.9 Å². The molecular weight excluding hydrogens is 264 g/mol. The minimum atomic E-state index is -3.16. The van der Waals surface area contributed by atoms with Crippen LogP contribution >= 0.6 is 0 Å². The monoisotopic (exact) mass is 288 g/mol. The van der Waals surface area contributed by atoms with Gasteiger partial charge in [-0.3, -0.25) is 4.68 Å². The highest BCUT2D eigenvalue weighted by atomic mass is 32.2. The lowest BCUT2D eigenvalue weighted by atomic mass is 10.4. The van der Waals surface area contributed by atoms with Crippen LogP contribution in [0.4, 0.5) is 0 Å². The average Bonchev–Trinajstić information content (AvgIpc) is 2.64. The highest BCUT2D eigenvalue weighted by Gasteiger charge is 2.08. The molecule has 1 heterocycles. The van der Waals surface area contributed by atoms with Gasteiger partial charge in [0.05, 0.1) is 11.4 Å². The van der Waals surface area contributed by atoms with Crippen molar-refractivity contribution in [2.24, 2.45) is 0 Å². The first-order valence-electron chi connectivity index (χ1n) is 6.63. The summed E-state index contributed by atoms with van der Waals surface area (Å²) in [6.45, 7) is 8.36. The van der Waals surface area contributed by atoms with Gasteiger partial charge in [0.15, 0.2) is 0 Å². The van der Waals surface area contributed by atoms with Gasteiger partial charge in [0, 0.05) is 25.3 Å². The summed E-state index contributed by atoms with van der Waals surface area (Å²) < 4.78 is 27.7. The maximum absolute atomic E-state index is 11.6. The maximum atomic E-state index is 11.6. The molecule has 0 aliphatic heterocycles. The number of aryl methyl sites for hydroxylation is 3. The third kappa shape index (κ3) is 6.17. The lowest BCUT2D eigenvalue weighted by molar-refractivity contribution is 0.543. The molecule has 6 nitrogen and oxygen atoms in total. The lowest BCUT2D eigenvalue weighted by Crippen LogP contribution is -2.32. The standard InChI is InChI=1S/C12H24N4O2S/c1-4-13-7-9-19(17,18)14-6-5-8-16-12(3)10-11(2)15-16/h10,13-14H,4-9H2,1-3H3. The van der Waals surface area contributed by atoms with Crippen molar-refractivity contribution in [3.05, 3.63) is 17.5 Å². The molecule has 1 rings (SSSR count). The summed E-state index contributed by atoms with van der Waals surface area (Å²) >= 11 is 0. The molecule has 2 N–H and O–H groups in total. The number of nitrogens with zero attached hydrogens (tertiary/aromatic N) is 2. The Morgan fingerprint density at radius 1 is 1.32 bits per heavy atom. The second kappa shape index (κ2) is 7.62. The van der Waals surface area contributed by atoms with Gasteiger partial charge >= 0.3 is 0 Å². The molecule has 0 aliphatic carbocycles. The number of hydrogen-bond donors (Lipinski definition) is 2. The Morgan fingerprint density at radius 2 is 2.05 bits per heavy atom. The first-order chi connectivity index (χ1) is 8.94. The maximum Gasteiger partial charge on any atom is 0.212 e. The van der Waals surface area contributed by atoms with E-state index in [1.165, 1.54) is 0 Å². The molecule has 0 amide bonds. The van der Waals surface area contributed by atoms with Crippen molar-refractivity contribution in [3.8, 4) is 0 Å². The van der Waals surface area contributed by atoms with Gasteiger partial charge in [0.1, 0.15) is 0 Å². The van der Waals surface area contributed by atoms with Gasteiger partial charge in [0.25, 0.3) is 0 Å². The van der Waals surface area contributed by atoms with Crippen molar-refractivity contribution >= 4 is 10.0 Å². The van der Waals surface area contributed by atoms with Gasteiger partial charge in [0.2, 0.25) is 10.0 Å². The van der Waals surface area contributed by atoms with Crippen LogP contribution in [0.5, 0.6) is 0 Å². The Hall–Kier alpha value is -0.920. The van der Waals surface area contributed by atoms with E-state index in [9.17, 15) is 8.42 Å². The van der Waals surface area contributed by atoms with Gasteiger partial charge < -0.3 is 5.32 Å². The Kier molecular flexibility index (Phi) is 6.47. The van der Waals surface area contributed by atoms with Crippen molar-refractivity contribution in [3.63, 3.8) is 0 Å². The summed E-state index contributed by atoms with van der Waals surface area (Å²) in [6.07, 6.45) is 0.738. The molecule has 1 aromatic heterocycles. The highest BCUT2D eigenvalue weighted by molar-refractivity contribution is 7.89. The Bertz CT molecular complexity index is 482. The third-order valence-corrected chi connectivity index (χ3v) is 4.16. The van der Waals surface area contributed by atoms with Crippen LogP contribution in [0.2, 0.25) is 0 Å².